The first-order valence-electron chi connectivity index (χ1n) is 8.06. The van der Waals surface area contributed by atoms with Crippen molar-refractivity contribution in [3.63, 3.8) is 0 Å². The number of benzene rings is 2. The highest BCUT2D eigenvalue weighted by Gasteiger charge is 2.22. The maximum Gasteiger partial charge on any atom is 0.261 e. The van der Waals surface area contributed by atoms with Gasteiger partial charge in [-0.15, -0.1) is 0 Å². The van der Waals surface area contributed by atoms with E-state index in [0.717, 1.165) is 24.1 Å². The van der Waals surface area contributed by atoms with Crippen LogP contribution in [0.15, 0.2) is 47.4 Å². The molecular weight excluding hydrogens is 360 g/mol. The summed E-state index contributed by atoms with van der Waals surface area (Å²) in [4.78, 5) is 14.0. The van der Waals surface area contributed by atoms with Crippen LogP contribution < -0.4 is 9.62 Å². The van der Waals surface area contributed by atoms with Crippen LogP contribution in [0.2, 0.25) is 5.02 Å². The normalized spacial score (nSPS) is 15.3. The van der Waals surface area contributed by atoms with Crippen LogP contribution in [0.25, 0.3) is 0 Å². The predicted molar refractivity (Wildman–Crippen MR) is 99.6 cm³/mol. The molecule has 1 amide bonds. The number of hydrogen-bond donors (Lipinski definition) is 1. The van der Waals surface area contributed by atoms with Gasteiger partial charge >= 0.3 is 0 Å². The number of rotatable bonds is 4. The number of nitrogens with one attached hydrogen (secondary N) is 1. The van der Waals surface area contributed by atoms with Crippen molar-refractivity contribution in [3.05, 3.63) is 53.1 Å². The Morgan fingerprint density at radius 2 is 1.92 bits per heavy atom. The molecule has 2 aromatic rings. The summed E-state index contributed by atoms with van der Waals surface area (Å²) in [5.41, 5.74) is 2.09. The largest absolute Gasteiger partial charge is 0.312 e. The molecule has 1 aliphatic heterocycles. The van der Waals surface area contributed by atoms with Crippen molar-refractivity contribution in [3.8, 4) is 0 Å². The van der Waals surface area contributed by atoms with E-state index in [-0.39, 0.29) is 10.8 Å². The van der Waals surface area contributed by atoms with E-state index < -0.39 is 10.0 Å². The van der Waals surface area contributed by atoms with Gasteiger partial charge in [-0.25, -0.2) is 8.42 Å². The van der Waals surface area contributed by atoms with Crippen molar-refractivity contribution in [2.24, 2.45) is 0 Å². The van der Waals surface area contributed by atoms with Gasteiger partial charge in [-0.3, -0.25) is 9.52 Å². The average molecular weight is 379 g/mol. The lowest BCUT2D eigenvalue weighted by atomic mass is 10.1. The highest BCUT2D eigenvalue weighted by molar-refractivity contribution is 7.92. The summed E-state index contributed by atoms with van der Waals surface area (Å²) >= 11 is 5.88. The van der Waals surface area contributed by atoms with E-state index in [2.05, 4.69) is 4.72 Å². The Morgan fingerprint density at radius 1 is 1.12 bits per heavy atom. The van der Waals surface area contributed by atoms with Gasteiger partial charge in [-0.2, -0.15) is 0 Å². The van der Waals surface area contributed by atoms with Gasteiger partial charge in [0.25, 0.3) is 10.0 Å². The molecule has 0 saturated carbocycles. The maximum atomic E-state index is 12.5. The van der Waals surface area contributed by atoms with E-state index in [9.17, 15) is 13.2 Å². The fraction of sp³-hybridized carbons (Fsp3) is 0.278. The number of carbonyl (C=O) groups is 1. The number of hydrogen-bond acceptors (Lipinski definition) is 3. The first-order chi connectivity index (χ1) is 11.9. The van der Waals surface area contributed by atoms with Crippen LogP contribution in [0.1, 0.15) is 24.8 Å². The zero-order valence-corrected chi connectivity index (χ0v) is 15.4. The fourth-order valence-corrected chi connectivity index (χ4v) is 4.22. The molecule has 3 rings (SSSR count). The quantitative estimate of drug-likeness (QED) is 0.875. The topological polar surface area (TPSA) is 66.5 Å². The average Bonchev–Trinajstić information content (AvgIpc) is 2.57. The molecule has 0 aromatic heterocycles. The molecule has 2 aromatic carbocycles. The minimum absolute atomic E-state index is 0.0733. The number of sulfonamides is 1. The molecule has 25 heavy (non-hydrogen) atoms. The van der Waals surface area contributed by atoms with Crippen LogP contribution in [0, 0.1) is 6.92 Å². The monoisotopic (exact) mass is 378 g/mol. The van der Waals surface area contributed by atoms with Crippen molar-refractivity contribution >= 4 is 38.9 Å². The highest BCUT2D eigenvalue weighted by Crippen LogP contribution is 2.29. The van der Waals surface area contributed by atoms with Crippen molar-refractivity contribution in [2.75, 3.05) is 16.2 Å². The lowest BCUT2D eigenvalue weighted by molar-refractivity contribution is -0.119. The van der Waals surface area contributed by atoms with E-state index in [1.807, 2.05) is 13.0 Å². The first-order valence-corrected chi connectivity index (χ1v) is 9.92. The van der Waals surface area contributed by atoms with Crippen molar-refractivity contribution in [2.45, 2.75) is 31.1 Å². The molecule has 0 unspecified atom stereocenters. The number of piperidine rings is 1. The molecule has 1 aliphatic rings. The highest BCUT2D eigenvalue weighted by atomic mass is 35.5. The summed E-state index contributed by atoms with van der Waals surface area (Å²) in [5.74, 6) is 0.0733. The Hall–Kier alpha value is -2.05. The number of amides is 1. The Bertz CT molecular complexity index is 912. The number of anilines is 2. The molecular formula is C18H19ClN2O3S. The molecule has 0 spiro atoms. The van der Waals surface area contributed by atoms with Crippen molar-refractivity contribution < 1.29 is 13.2 Å². The van der Waals surface area contributed by atoms with Crippen LogP contribution in [-0.4, -0.2) is 20.9 Å². The molecule has 5 nitrogen and oxygen atoms in total. The third-order valence-corrected chi connectivity index (χ3v) is 5.80. The van der Waals surface area contributed by atoms with E-state index in [1.54, 1.807) is 29.2 Å². The van der Waals surface area contributed by atoms with E-state index in [1.165, 1.54) is 12.1 Å². The molecule has 1 saturated heterocycles. The van der Waals surface area contributed by atoms with Gasteiger partial charge in [0, 0.05) is 23.7 Å². The van der Waals surface area contributed by atoms with Crippen LogP contribution in [0.3, 0.4) is 0 Å². The Kier molecular flexibility index (Phi) is 5.01. The molecule has 1 N–H and O–H groups in total. The number of carbonyl (C=O) groups excluding carboxylic acids is 1. The molecule has 0 bridgehead atoms. The van der Waals surface area contributed by atoms with Crippen LogP contribution >= 0.6 is 11.6 Å². The Balaban J connectivity index is 1.91. The van der Waals surface area contributed by atoms with E-state index in [0.29, 0.717) is 23.7 Å². The SMILES string of the molecule is Cc1ccc(NS(=O)(=O)c2cccc(Cl)c2)cc1N1CCCCC1=O. The van der Waals surface area contributed by atoms with Gasteiger partial charge in [-0.05, 0) is 55.7 Å². The molecule has 132 valence electrons. The van der Waals surface area contributed by atoms with Gasteiger partial charge in [0.2, 0.25) is 5.91 Å². The maximum absolute atomic E-state index is 12.5. The van der Waals surface area contributed by atoms with E-state index >= 15 is 0 Å². The minimum atomic E-state index is -3.75. The third kappa shape index (κ3) is 3.96. The predicted octanol–water partition coefficient (Wildman–Crippen LogP) is 3.97. The second-order valence-corrected chi connectivity index (χ2v) is 8.19. The van der Waals surface area contributed by atoms with Crippen LogP contribution in [-0.2, 0) is 14.8 Å². The Morgan fingerprint density at radius 3 is 2.64 bits per heavy atom. The van der Waals surface area contributed by atoms with Gasteiger partial charge in [-0.1, -0.05) is 23.7 Å². The summed E-state index contributed by atoms with van der Waals surface area (Å²) < 4.78 is 27.6. The van der Waals surface area contributed by atoms with Gasteiger partial charge < -0.3 is 4.90 Å². The molecule has 1 heterocycles. The summed E-state index contributed by atoms with van der Waals surface area (Å²) in [6.45, 7) is 2.57. The van der Waals surface area contributed by atoms with Crippen LogP contribution in [0.4, 0.5) is 11.4 Å². The molecule has 0 radical (unpaired) electrons. The van der Waals surface area contributed by atoms with Crippen molar-refractivity contribution in [1.29, 1.82) is 0 Å². The van der Waals surface area contributed by atoms with Gasteiger partial charge in [0.15, 0.2) is 0 Å². The number of nitrogens with zero attached hydrogens (tertiary/aromatic N) is 1. The summed E-state index contributed by atoms with van der Waals surface area (Å²) in [6.07, 6.45) is 2.37. The van der Waals surface area contributed by atoms with Gasteiger partial charge in [0.1, 0.15) is 0 Å². The molecule has 7 heteroatoms. The molecule has 1 fully saturated rings. The second kappa shape index (κ2) is 7.06. The second-order valence-electron chi connectivity index (χ2n) is 6.07. The zero-order chi connectivity index (χ0) is 18.0. The van der Waals surface area contributed by atoms with E-state index in [4.69, 9.17) is 11.6 Å². The number of halogens is 1. The number of aryl methyl sites for hydroxylation is 1. The summed E-state index contributed by atoms with van der Waals surface area (Å²) in [5, 5.41) is 0.353. The molecule has 0 atom stereocenters. The zero-order valence-electron chi connectivity index (χ0n) is 13.8. The fourth-order valence-electron chi connectivity index (χ4n) is 2.87. The molecule has 0 aliphatic carbocycles. The standard InChI is InChI=1S/C18H19ClN2O3S/c1-13-8-9-15(12-17(13)21-10-3-2-7-18(21)22)20-25(23,24)16-6-4-5-14(19)11-16/h4-6,8-9,11-12,20H,2-3,7,10H2,1H3. The van der Waals surface area contributed by atoms with Crippen LogP contribution in [0.5, 0.6) is 0 Å². The summed E-state index contributed by atoms with van der Waals surface area (Å²) in [6, 6.07) is 11.3. The smallest absolute Gasteiger partial charge is 0.261 e. The van der Waals surface area contributed by atoms with Gasteiger partial charge in [0.05, 0.1) is 10.6 Å². The Labute approximate surface area is 152 Å². The first kappa shape index (κ1) is 17.8. The lowest BCUT2D eigenvalue weighted by Crippen LogP contribution is -2.35. The van der Waals surface area contributed by atoms with Crippen molar-refractivity contribution in [1.82, 2.24) is 0 Å². The lowest BCUT2D eigenvalue weighted by Gasteiger charge is -2.28. The summed E-state index contributed by atoms with van der Waals surface area (Å²) in [7, 11) is -3.75. The third-order valence-electron chi connectivity index (χ3n) is 4.18. The minimum Gasteiger partial charge on any atom is -0.312 e.